The lowest BCUT2D eigenvalue weighted by Crippen LogP contribution is -2.44. The van der Waals surface area contributed by atoms with Crippen LogP contribution in [-0.2, 0) is 0 Å². The molecule has 0 bridgehead atoms. The smallest absolute Gasteiger partial charge is 0.253 e. The maximum atomic E-state index is 12.7. The SMILES string of the molecule is C[C@@H]1C[C@H](C[C@@H]2CC[C@H](NC(=O)c3ccccc3Cl)[C@@H](C)C2)CC[C@H]1NC(=O)c1ccccc1Cl. The summed E-state index contributed by atoms with van der Waals surface area (Å²) < 4.78 is 0. The van der Waals surface area contributed by atoms with Crippen LogP contribution in [0.5, 0.6) is 0 Å². The first-order valence-corrected chi connectivity index (χ1v) is 13.7. The van der Waals surface area contributed by atoms with E-state index in [4.69, 9.17) is 23.2 Å². The monoisotopic (exact) mass is 514 g/mol. The van der Waals surface area contributed by atoms with Crippen LogP contribution in [-0.4, -0.2) is 23.9 Å². The molecule has 2 aromatic rings. The molecule has 2 amide bonds. The van der Waals surface area contributed by atoms with Crippen molar-refractivity contribution in [3.05, 3.63) is 69.7 Å². The van der Waals surface area contributed by atoms with Gasteiger partial charge in [-0.25, -0.2) is 0 Å². The van der Waals surface area contributed by atoms with Gasteiger partial charge in [0, 0.05) is 12.1 Å². The Morgan fingerprint density at radius 3 is 1.49 bits per heavy atom. The molecule has 0 aliphatic heterocycles. The molecule has 2 saturated carbocycles. The van der Waals surface area contributed by atoms with Crippen molar-refractivity contribution in [1.29, 1.82) is 0 Å². The van der Waals surface area contributed by atoms with Gasteiger partial charge in [-0.15, -0.1) is 0 Å². The standard InChI is InChI=1S/C29H36Cl2N2O2/c1-18-15-20(11-13-26(18)32-28(34)22-7-3-5-9-24(22)30)17-21-12-14-27(19(2)16-21)33-29(35)23-8-4-6-10-25(23)31/h3-10,18-21,26-27H,11-17H2,1-2H3,(H,32,34)(H,33,35)/t18-,19+,20-,21-,26-,27+/m1/s1. The molecule has 35 heavy (non-hydrogen) atoms. The Hall–Kier alpha value is -2.04. The molecular formula is C29H36Cl2N2O2. The number of rotatable bonds is 6. The van der Waals surface area contributed by atoms with E-state index >= 15 is 0 Å². The van der Waals surface area contributed by atoms with Gasteiger partial charge in [-0.05, 0) is 92.9 Å². The van der Waals surface area contributed by atoms with Crippen LogP contribution >= 0.6 is 23.2 Å². The van der Waals surface area contributed by atoms with Crippen molar-refractivity contribution in [3.63, 3.8) is 0 Å². The zero-order valence-corrected chi connectivity index (χ0v) is 22.1. The highest BCUT2D eigenvalue weighted by Gasteiger charge is 2.34. The van der Waals surface area contributed by atoms with Crippen LogP contribution in [0.25, 0.3) is 0 Å². The lowest BCUT2D eigenvalue weighted by molar-refractivity contribution is 0.0869. The number of nitrogens with one attached hydrogen (secondary N) is 2. The summed E-state index contributed by atoms with van der Waals surface area (Å²) in [6.45, 7) is 4.51. The Kier molecular flexibility index (Phi) is 8.77. The molecule has 2 aromatic carbocycles. The van der Waals surface area contributed by atoms with Crippen molar-refractivity contribution in [2.75, 3.05) is 0 Å². The molecule has 6 atom stereocenters. The molecule has 0 aromatic heterocycles. The van der Waals surface area contributed by atoms with Crippen LogP contribution in [0.4, 0.5) is 0 Å². The molecule has 0 unspecified atom stereocenters. The van der Waals surface area contributed by atoms with Gasteiger partial charge in [0.15, 0.2) is 0 Å². The van der Waals surface area contributed by atoms with Gasteiger partial charge in [0.2, 0.25) is 0 Å². The third-order valence-corrected chi connectivity index (χ3v) is 8.75. The Labute approximate surface area is 219 Å². The van der Waals surface area contributed by atoms with E-state index in [1.807, 2.05) is 24.3 Å². The van der Waals surface area contributed by atoms with Crippen molar-refractivity contribution in [3.8, 4) is 0 Å². The van der Waals surface area contributed by atoms with E-state index in [1.54, 1.807) is 24.3 Å². The minimum absolute atomic E-state index is 0.0723. The molecule has 4 rings (SSSR count). The highest BCUT2D eigenvalue weighted by Crippen LogP contribution is 2.39. The molecule has 0 spiro atoms. The normalized spacial score (nSPS) is 28.8. The average Bonchev–Trinajstić information content (AvgIpc) is 2.83. The molecular weight excluding hydrogens is 479 g/mol. The number of hydrogen-bond acceptors (Lipinski definition) is 2. The summed E-state index contributed by atoms with van der Waals surface area (Å²) in [5.41, 5.74) is 1.10. The minimum Gasteiger partial charge on any atom is -0.349 e. The quantitative estimate of drug-likeness (QED) is 0.429. The van der Waals surface area contributed by atoms with Crippen molar-refractivity contribution >= 4 is 35.0 Å². The van der Waals surface area contributed by atoms with Crippen LogP contribution in [0.2, 0.25) is 10.0 Å². The van der Waals surface area contributed by atoms with Crippen LogP contribution in [0.15, 0.2) is 48.5 Å². The lowest BCUT2D eigenvalue weighted by atomic mass is 9.70. The minimum atomic E-state index is -0.0723. The van der Waals surface area contributed by atoms with Crippen molar-refractivity contribution < 1.29 is 9.59 Å². The first-order chi connectivity index (χ1) is 16.8. The van der Waals surface area contributed by atoms with Gasteiger partial charge < -0.3 is 10.6 Å². The molecule has 2 aliphatic carbocycles. The van der Waals surface area contributed by atoms with Gasteiger partial charge in [-0.1, -0.05) is 61.3 Å². The number of hydrogen-bond donors (Lipinski definition) is 2. The summed E-state index contributed by atoms with van der Waals surface area (Å²) in [4.78, 5) is 25.4. The topological polar surface area (TPSA) is 58.2 Å². The lowest BCUT2D eigenvalue weighted by Gasteiger charge is -2.39. The van der Waals surface area contributed by atoms with E-state index in [2.05, 4.69) is 24.5 Å². The molecule has 0 radical (unpaired) electrons. The van der Waals surface area contributed by atoms with Gasteiger partial charge in [0.25, 0.3) is 11.8 Å². The average molecular weight is 516 g/mol. The second-order valence-electron chi connectivity index (χ2n) is 10.7. The molecule has 2 fully saturated rings. The van der Waals surface area contributed by atoms with E-state index in [1.165, 1.54) is 6.42 Å². The summed E-state index contributed by atoms with van der Waals surface area (Å²) in [5, 5.41) is 7.45. The summed E-state index contributed by atoms with van der Waals surface area (Å²) in [7, 11) is 0. The van der Waals surface area contributed by atoms with Crippen LogP contribution in [0.3, 0.4) is 0 Å². The Balaban J connectivity index is 1.23. The Bertz CT molecular complexity index is 961. The van der Waals surface area contributed by atoms with E-state index in [0.717, 1.165) is 38.5 Å². The number of benzene rings is 2. The zero-order valence-electron chi connectivity index (χ0n) is 20.6. The molecule has 188 valence electrons. The first kappa shape index (κ1) is 26.0. The number of amides is 2. The second-order valence-corrected chi connectivity index (χ2v) is 11.5. The van der Waals surface area contributed by atoms with Crippen molar-refractivity contribution in [1.82, 2.24) is 10.6 Å². The van der Waals surface area contributed by atoms with Crippen molar-refractivity contribution in [2.24, 2.45) is 23.7 Å². The highest BCUT2D eigenvalue weighted by molar-refractivity contribution is 6.34. The van der Waals surface area contributed by atoms with Gasteiger partial charge in [-0.3, -0.25) is 9.59 Å². The number of halogens is 2. The van der Waals surface area contributed by atoms with Crippen LogP contribution in [0, 0.1) is 23.7 Å². The summed E-state index contributed by atoms with van der Waals surface area (Å²) in [6, 6.07) is 14.9. The fraction of sp³-hybridized carbons (Fsp3) is 0.517. The molecule has 0 heterocycles. The maximum absolute atomic E-state index is 12.7. The third-order valence-electron chi connectivity index (χ3n) is 8.09. The number of carbonyl (C=O) groups is 2. The van der Waals surface area contributed by atoms with E-state index in [9.17, 15) is 9.59 Å². The summed E-state index contributed by atoms with van der Waals surface area (Å²) in [6.07, 6.45) is 7.85. The molecule has 4 nitrogen and oxygen atoms in total. The zero-order chi connectivity index (χ0) is 24.9. The second kappa shape index (κ2) is 11.8. The van der Waals surface area contributed by atoms with Gasteiger partial charge in [0.1, 0.15) is 0 Å². The molecule has 2 aliphatic rings. The van der Waals surface area contributed by atoms with E-state index in [-0.39, 0.29) is 23.9 Å². The first-order valence-electron chi connectivity index (χ1n) is 12.9. The Morgan fingerprint density at radius 2 is 1.11 bits per heavy atom. The van der Waals surface area contributed by atoms with Crippen LogP contribution < -0.4 is 10.6 Å². The number of carbonyl (C=O) groups excluding carboxylic acids is 2. The van der Waals surface area contributed by atoms with E-state index < -0.39 is 0 Å². The fourth-order valence-electron chi connectivity index (χ4n) is 6.13. The maximum Gasteiger partial charge on any atom is 0.253 e. The Morgan fingerprint density at radius 1 is 0.714 bits per heavy atom. The van der Waals surface area contributed by atoms with Gasteiger partial charge in [0.05, 0.1) is 21.2 Å². The predicted molar refractivity (Wildman–Crippen MR) is 143 cm³/mol. The predicted octanol–water partition coefficient (Wildman–Crippen LogP) is 7.15. The van der Waals surface area contributed by atoms with Crippen molar-refractivity contribution in [2.45, 2.75) is 70.9 Å². The summed E-state index contributed by atoms with van der Waals surface area (Å²) in [5.74, 6) is 2.15. The van der Waals surface area contributed by atoms with Crippen LogP contribution in [0.1, 0.15) is 79.5 Å². The highest BCUT2D eigenvalue weighted by atomic mass is 35.5. The largest absolute Gasteiger partial charge is 0.349 e. The van der Waals surface area contributed by atoms with E-state index in [0.29, 0.717) is 44.8 Å². The van der Waals surface area contributed by atoms with Gasteiger partial charge in [-0.2, -0.15) is 0 Å². The fourth-order valence-corrected chi connectivity index (χ4v) is 6.57. The molecule has 6 heteroatoms. The molecule has 0 saturated heterocycles. The summed E-state index contributed by atoms with van der Waals surface area (Å²) >= 11 is 12.4. The third kappa shape index (κ3) is 6.59. The van der Waals surface area contributed by atoms with Gasteiger partial charge >= 0.3 is 0 Å². The molecule has 2 N–H and O–H groups in total.